The molecule has 26 heavy (non-hydrogen) atoms. The third-order valence-corrected chi connectivity index (χ3v) is 5.84. The lowest BCUT2D eigenvalue weighted by molar-refractivity contribution is 0.0254. The molecule has 6 nitrogen and oxygen atoms in total. The second kappa shape index (κ2) is 8.35. The molecule has 3 aliphatic rings. The maximum Gasteiger partial charge on any atom is 0.272 e. The first-order chi connectivity index (χ1) is 12.8. The number of nitrogens with zero attached hydrogens (tertiary/aromatic N) is 3. The molecule has 0 aromatic carbocycles. The second-order valence-corrected chi connectivity index (χ2v) is 7.58. The van der Waals surface area contributed by atoms with Gasteiger partial charge in [0, 0.05) is 45.1 Å². The number of carbonyl (C=O) groups is 1. The van der Waals surface area contributed by atoms with Gasteiger partial charge in [-0.05, 0) is 31.4 Å². The molecule has 4 rings (SSSR count). The predicted octanol–water partition coefficient (Wildman–Crippen LogP) is 2.34. The Bertz CT molecular complexity index is 597. The Kier molecular flexibility index (Phi) is 5.70. The third-order valence-electron chi connectivity index (χ3n) is 5.84. The van der Waals surface area contributed by atoms with Crippen LogP contribution >= 0.6 is 0 Å². The van der Waals surface area contributed by atoms with Gasteiger partial charge in [-0.3, -0.25) is 9.69 Å². The average Bonchev–Trinajstić information content (AvgIpc) is 2.87. The summed E-state index contributed by atoms with van der Waals surface area (Å²) in [6, 6.07) is 4.42. The minimum atomic E-state index is 0.0399. The number of hydrogen-bond acceptors (Lipinski definition) is 5. The first kappa shape index (κ1) is 17.7. The highest BCUT2D eigenvalue weighted by Crippen LogP contribution is 2.26. The maximum absolute atomic E-state index is 12.8. The number of carbonyl (C=O) groups excluding carboxylic acids is 1. The van der Waals surface area contributed by atoms with E-state index in [1.807, 2.05) is 11.0 Å². The molecular weight excluding hydrogens is 330 g/mol. The van der Waals surface area contributed by atoms with E-state index in [0.717, 1.165) is 70.4 Å². The first-order valence-corrected chi connectivity index (χ1v) is 10.0. The van der Waals surface area contributed by atoms with Crippen LogP contribution in [0.25, 0.3) is 0 Å². The summed E-state index contributed by atoms with van der Waals surface area (Å²) in [7, 11) is 0. The average molecular weight is 359 g/mol. The van der Waals surface area contributed by atoms with Gasteiger partial charge in [0.1, 0.15) is 17.5 Å². The van der Waals surface area contributed by atoms with Crippen LogP contribution in [0.1, 0.15) is 49.0 Å². The van der Waals surface area contributed by atoms with Crippen molar-refractivity contribution in [2.24, 2.45) is 0 Å². The van der Waals surface area contributed by atoms with E-state index in [4.69, 9.17) is 9.47 Å². The van der Waals surface area contributed by atoms with Gasteiger partial charge < -0.3 is 14.4 Å². The van der Waals surface area contributed by atoms with Gasteiger partial charge in [0.2, 0.25) is 0 Å². The minimum absolute atomic E-state index is 0.0399. The van der Waals surface area contributed by atoms with Crippen LogP contribution in [0.5, 0.6) is 5.75 Å². The van der Waals surface area contributed by atoms with Gasteiger partial charge in [0.05, 0.1) is 19.4 Å². The van der Waals surface area contributed by atoms with Crippen molar-refractivity contribution in [1.29, 1.82) is 0 Å². The molecule has 0 bridgehead atoms. The normalized spacial score (nSPS) is 23.3. The van der Waals surface area contributed by atoms with Crippen LogP contribution in [0.4, 0.5) is 0 Å². The van der Waals surface area contributed by atoms with Crippen molar-refractivity contribution >= 4 is 5.91 Å². The first-order valence-electron chi connectivity index (χ1n) is 10.0. The Balaban J connectivity index is 1.32. The molecule has 1 amide bonds. The summed E-state index contributed by atoms with van der Waals surface area (Å²) in [6.45, 7) is 5.23. The summed E-state index contributed by atoms with van der Waals surface area (Å²) in [5.74, 6) is 0.776. The van der Waals surface area contributed by atoms with Gasteiger partial charge in [-0.1, -0.05) is 6.42 Å². The Morgan fingerprint density at radius 2 is 1.88 bits per heavy atom. The van der Waals surface area contributed by atoms with E-state index in [-0.39, 0.29) is 12.0 Å². The summed E-state index contributed by atoms with van der Waals surface area (Å²) in [5, 5.41) is 0. The lowest BCUT2D eigenvalue weighted by Gasteiger charge is -2.36. The van der Waals surface area contributed by atoms with Gasteiger partial charge in [-0.15, -0.1) is 0 Å². The smallest absolute Gasteiger partial charge is 0.272 e. The molecule has 0 atom stereocenters. The monoisotopic (exact) mass is 359 g/mol. The SMILES string of the molecule is O=C(c1ccc(OC2CCOCC2)cn1)N1CCCN(C2CCC2)CC1. The number of ether oxygens (including phenoxy) is 2. The van der Waals surface area contributed by atoms with Crippen LogP contribution in [0.15, 0.2) is 18.3 Å². The Labute approximate surface area is 155 Å². The zero-order valence-corrected chi connectivity index (χ0v) is 15.4. The van der Waals surface area contributed by atoms with Gasteiger partial charge in [0.15, 0.2) is 0 Å². The van der Waals surface area contributed by atoms with E-state index in [2.05, 4.69) is 9.88 Å². The molecule has 1 aromatic heterocycles. The maximum atomic E-state index is 12.8. The van der Waals surface area contributed by atoms with Crippen molar-refractivity contribution in [2.75, 3.05) is 39.4 Å². The fourth-order valence-electron chi connectivity index (χ4n) is 3.98. The molecular formula is C20H29N3O3. The molecule has 1 saturated carbocycles. The fourth-order valence-corrected chi connectivity index (χ4v) is 3.98. The molecule has 1 aliphatic carbocycles. The Morgan fingerprint density at radius 1 is 1.04 bits per heavy atom. The van der Waals surface area contributed by atoms with Crippen LogP contribution in [-0.4, -0.2) is 72.2 Å². The highest BCUT2D eigenvalue weighted by atomic mass is 16.5. The van der Waals surface area contributed by atoms with Crippen molar-refractivity contribution in [3.8, 4) is 5.75 Å². The largest absolute Gasteiger partial charge is 0.489 e. The summed E-state index contributed by atoms with van der Waals surface area (Å²) < 4.78 is 11.3. The van der Waals surface area contributed by atoms with Crippen LogP contribution in [-0.2, 0) is 4.74 Å². The summed E-state index contributed by atoms with van der Waals surface area (Å²) in [6.07, 6.45) is 8.74. The molecule has 1 aromatic rings. The molecule has 3 heterocycles. The van der Waals surface area contributed by atoms with Gasteiger partial charge in [-0.2, -0.15) is 0 Å². The van der Waals surface area contributed by atoms with Crippen molar-refractivity contribution < 1.29 is 14.3 Å². The van der Waals surface area contributed by atoms with Crippen molar-refractivity contribution in [1.82, 2.24) is 14.8 Å². The van der Waals surface area contributed by atoms with Gasteiger partial charge in [0.25, 0.3) is 5.91 Å². The van der Waals surface area contributed by atoms with Crippen molar-refractivity contribution in [2.45, 2.75) is 50.7 Å². The molecule has 3 fully saturated rings. The molecule has 2 aliphatic heterocycles. The van der Waals surface area contributed by atoms with Crippen LogP contribution in [0, 0.1) is 0 Å². The highest BCUT2D eigenvalue weighted by molar-refractivity contribution is 5.92. The molecule has 6 heteroatoms. The Hall–Kier alpha value is -1.66. The molecule has 0 radical (unpaired) electrons. The van der Waals surface area contributed by atoms with Crippen molar-refractivity contribution in [3.05, 3.63) is 24.0 Å². The number of amides is 1. The second-order valence-electron chi connectivity index (χ2n) is 7.58. The quantitative estimate of drug-likeness (QED) is 0.826. The van der Waals surface area contributed by atoms with E-state index < -0.39 is 0 Å². The molecule has 0 unspecified atom stereocenters. The molecule has 2 saturated heterocycles. The Morgan fingerprint density at radius 3 is 2.58 bits per heavy atom. The van der Waals surface area contributed by atoms with E-state index >= 15 is 0 Å². The van der Waals surface area contributed by atoms with E-state index in [1.165, 1.54) is 19.3 Å². The zero-order valence-electron chi connectivity index (χ0n) is 15.4. The number of pyridine rings is 1. The number of rotatable bonds is 4. The third kappa shape index (κ3) is 4.18. The molecule has 0 spiro atoms. The lowest BCUT2D eigenvalue weighted by atomic mass is 9.91. The summed E-state index contributed by atoms with van der Waals surface area (Å²) >= 11 is 0. The van der Waals surface area contributed by atoms with Gasteiger partial charge >= 0.3 is 0 Å². The topological polar surface area (TPSA) is 54.9 Å². The molecule has 142 valence electrons. The zero-order chi connectivity index (χ0) is 17.8. The fraction of sp³-hybridized carbons (Fsp3) is 0.700. The molecule has 0 N–H and O–H groups in total. The van der Waals surface area contributed by atoms with Crippen LogP contribution in [0.3, 0.4) is 0 Å². The van der Waals surface area contributed by atoms with Gasteiger partial charge in [-0.25, -0.2) is 4.98 Å². The number of hydrogen-bond donors (Lipinski definition) is 0. The highest BCUT2D eigenvalue weighted by Gasteiger charge is 2.28. The lowest BCUT2D eigenvalue weighted by Crippen LogP contribution is -2.42. The van der Waals surface area contributed by atoms with E-state index in [1.54, 1.807) is 12.3 Å². The van der Waals surface area contributed by atoms with E-state index in [0.29, 0.717) is 5.69 Å². The summed E-state index contributed by atoms with van der Waals surface area (Å²) in [5.41, 5.74) is 0.515. The standard InChI is InChI=1S/C20H29N3O3/c24-20(23-10-2-9-22(11-12-23)16-3-1-4-16)19-6-5-18(15-21-19)26-17-7-13-25-14-8-17/h5-6,15-17H,1-4,7-14H2. The minimum Gasteiger partial charge on any atom is -0.489 e. The summed E-state index contributed by atoms with van der Waals surface area (Å²) in [4.78, 5) is 21.7. The van der Waals surface area contributed by atoms with Crippen molar-refractivity contribution in [3.63, 3.8) is 0 Å². The predicted molar refractivity (Wildman–Crippen MR) is 98.4 cm³/mol. The van der Waals surface area contributed by atoms with Crippen LogP contribution < -0.4 is 4.74 Å². The van der Waals surface area contributed by atoms with Crippen LogP contribution in [0.2, 0.25) is 0 Å². The van der Waals surface area contributed by atoms with E-state index in [9.17, 15) is 4.79 Å². The number of aromatic nitrogens is 1.